The molecule has 2 amide bonds. The standard InChI is InChI=1S/C20H18N4O/c25-20(23-17-9-8-15-5-1-2-6-16(15)13-17)21-11-10-18-14-24-12-4-3-7-19(24)22-18/h1-9,12-14H,10-11H2,(H2,21,23,25). The predicted molar refractivity (Wildman–Crippen MR) is 99.9 cm³/mol. The van der Waals surface area contributed by atoms with E-state index in [1.54, 1.807) is 0 Å². The van der Waals surface area contributed by atoms with Crippen LogP contribution in [0.1, 0.15) is 5.69 Å². The van der Waals surface area contributed by atoms with Crippen molar-refractivity contribution in [2.45, 2.75) is 6.42 Å². The minimum atomic E-state index is -0.209. The Morgan fingerprint density at radius 1 is 1.00 bits per heavy atom. The van der Waals surface area contributed by atoms with Crippen molar-refractivity contribution in [1.29, 1.82) is 0 Å². The lowest BCUT2D eigenvalue weighted by atomic mass is 10.1. The van der Waals surface area contributed by atoms with Crippen LogP contribution in [0.4, 0.5) is 10.5 Å². The average Bonchev–Trinajstić information content (AvgIpc) is 3.04. The van der Waals surface area contributed by atoms with Crippen molar-refractivity contribution >= 4 is 28.1 Å². The molecule has 5 heteroatoms. The minimum Gasteiger partial charge on any atom is -0.337 e. The number of amides is 2. The lowest BCUT2D eigenvalue weighted by Crippen LogP contribution is -2.30. The molecule has 0 atom stereocenters. The first-order valence-electron chi connectivity index (χ1n) is 8.24. The number of fused-ring (bicyclic) bond motifs is 2. The summed E-state index contributed by atoms with van der Waals surface area (Å²) < 4.78 is 1.98. The van der Waals surface area contributed by atoms with Gasteiger partial charge >= 0.3 is 6.03 Å². The maximum Gasteiger partial charge on any atom is 0.319 e. The molecule has 124 valence electrons. The maximum atomic E-state index is 12.1. The van der Waals surface area contributed by atoms with Gasteiger partial charge in [-0.25, -0.2) is 9.78 Å². The van der Waals surface area contributed by atoms with Gasteiger partial charge in [0.1, 0.15) is 5.65 Å². The van der Waals surface area contributed by atoms with Gasteiger partial charge < -0.3 is 15.0 Å². The molecule has 4 aromatic rings. The van der Waals surface area contributed by atoms with E-state index < -0.39 is 0 Å². The van der Waals surface area contributed by atoms with Gasteiger partial charge in [-0.15, -0.1) is 0 Å². The molecule has 0 aliphatic carbocycles. The van der Waals surface area contributed by atoms with Crippen LogP contribution in [0, 0.1) is 0 Å². The largest absolute Gasteiger partial charge is 0.337 e. The Bertz CT molecular complexity index is 1000. The quantitative estimate of drug-likeness (QED) is 0.597. The summed E-state index contributed by atoms with van der Waals surface area (Å²) in [7, 11) is 0. The third-order valence-corrected chi connectivity index (χ3v) is 4.09. The van der Waals surface area contributed by atoms with Crippen LogP contribution in [0.3, 0.4) is 0 Å². The van der Waals surface area contributed by atoms with Crippen LogP contribution >= 0.6 is 0 Å². The number of pyridine rings is 1. The number of hydrogen-bond donors (Lipinski definition) is 2. The van der Waals surface area contributed by atoms with Gasteiger partial charge in [-0.1, -0.05) is 36.4 Å². The number of carbonyl (C=O) groups excluding carboxylic acids is 1. The summed E-state index contributed by atoms with van der Waals surface area (Å²) >= 11 is 0. The molecule has 2 N–H and O–H groups in total. The number of nitrogens with one attached hydrogen (secondary N) is 2. The molecule has 2 heterocycles. The van der Waals surface area contributed by atoms with Crippen molar-refractivity contribution in [3.05, 3.63) is 78.8 Å². The summed E-state index contributed by atoms with van der Waals surface area (Å²) in [6, 6.07) is 19.6. The summed E-state index contributed by atoms with van der Waals surface area (Å²) in [5, 5.41) is 8.00. The van der Waals surface area contributed by atoms with E-state index in [0.717, 1.165) is 27.8 Å². The highest BCUT2D eigenvalue weighted by Crippen LogP contribution is 2.18. The van der Waals surface area contributed by atoms with Gasteiger partial charge in [-0.3, -0.25) is 0 Å². The molecular weight excluding hydrogens is 312 g/mol. The number of aromatic nitrogens is 2. The Balaban J connectivity index is 1.33. The third-order valence-electron chi connectivity index (χ3n) is 4.09. The summed E-state index contributed by atoms with van der Waals surface area (Å²) in [6.45, 7) is 0.531. The molecule has 4 rings (SSSR count). The smallest absolute Gasteiger partial charge is 0.319 e. The van der Waals surface area contributed by atoms with Crippen molar-refractivity contribution in [3.63, 3.8) is 0 Å². The predicted octanol–water partition coefficient (Wildman–Crippen LogP) is 3.85. The topological polar surface area (TPSA) is 58.4 Å². The first-order chi connectivity index (χ1) is 12.3. The molecule has 0 aliphatic heterocycles. The van der Waals surface area contributed by atoms with E-state index in [2.05, 4.69) is 15.6 Å². The highest BCUT2D eigenvalue weighted by atomic mass is 16.2. The number of hydrogen-bond acceptors (Lipinski definition) is 2. The Hall–Kier alpha value is -3.34. The molecular formula is C20H18N4O. The first kappa shape index (κ1) is 15.2. The van der Waals surface area contributed by atoms with Crippen molar-refractivity contribution in [1.82, 2.24) is 14.7 Å². The number of carbonyl (C=O) groups is 1. The maximum absolute atomic E-state index is 12.1. The summed E-state index contributed by atoms with van der Waals surface area (Å²) in [5.74, 6) is 0. The van der Waals surface area contributed by atoms with E-state index >= 15 is 0 Å². The molecule has 0 unspecified atom stereocenters. The Labute approximate surface area is 145 Å². The number of rotatable bonds is 4. The van der Waals surface area contributed by atoms with Gasteiger partial charge in [-0.05, 0) is 35.0 Å². The molecule has 0 aliphatic rings. The van der Waals surface area contributed by atoms with E-state index in [9.17, 15) is 4.79 Å². The van der Waals surface area contributed by atoms with Gasteiger partial charge in [0.2, 0.25) is 0 Å². The number of urea groups is 1. The zero-order chi connectivity index (χ0) is 17.1. The fraction of sp³-hybridized carbons (Fsp3) is 0.100. The lowest BCUT2D eigenvalue weighted by Gasteiger charge is -2.08. The monoisotopic (exact) mass is 330 g/mol. The third kappa shape index (κ3) is 3.45. The number of anilines is 1. The van der Waals surface area contributed by atoms with E-state index in [1.165, 1.54) is 0 Å². The van der Waals surface area contributed by atoms with Crippen LogP contribution in [0.2, 0.25) is 0 Å². The van der Waals surface area contributed by atoms with Gasteiger partial charge in [-0.2, -0.15) is 0 Å². The minimum absolute atomic E-state index is 0.209. The molecule has 0 saturated heterocycles. The molecule has 25 heavy (non-hydrogen) atoms. The number of imidazole rings is 1. The molecule has 0 saturated carbocycles. The Kier molecular flexibility index (Phi) is 4.04. The number of benzene rings is 2. The van der Waals surface area contributed by atoms with Gasteiger partial charge in [0.25, 0.3) is 0 Å². The van der Waals surface area contributed by atoms with Gasteiger partial charge in [0.15, 0.2) is 0 Å². The zero-order valence-electron chi connectivity index (χ0n) is 13.6. The first-order valence-corrected chi connectivity index (χ1v) is 8.24. The zero-order valence-corrected chi connectivity index (χ0v) is 13.6. The SMILES string of the molecule is O=C(NCCc1cn2ccccc2n1)Nc1ccc2ccccc2c1. The van der Waals surface area contributed by atoms with E-state index in [4.69, 9.17) is 0 Å². The van der Waals surface area contributed by atoms with E-state index in [0.29, 0.717) is 13.0 Å². The molecule has 2 aromatic carbocycles. The van der Waals surface area contributed by atoms with Crippen molar-refractivity contribution < 1.29 is 4.79 Å². The van der Waals surface area contributed by atoms with Crippen molar-refractivity contribution in [3.8, 4) is 0 Å². The van der Waals surface area contributed by atoms with Crippen LogP contribution in [-0.2, 0) is 6.42 Å². The molecule has 0 fully saturated rings. The van der Waals surface area contributed by atoms with Gasteiger partial charge in [0, 0.05) is 31.0 Å². The Morgan fingerprint density at radius 2 is 1.84 bits per heavy atom. The normalized spacial score (nSPS) is 10.9. The number of nitrogens with zero attached hydrogens (tertiary/aromatic N) is 2. The van der Waals surface area contributed by atoms with Crippen LogP contribution in [0.15, 0.2) is 73.1 Å². The van der Waals surface area contributed by atoms with Crippen LogP contribution in [0.5, 0.6) is 0 Å². The van der Waals surface area contributed by atoms with E-state index in [-0.39, 0.29) is 6.03 Å². The van der Waals surface area contributed by atoms with Crippen LogP contribution < -0.4 is 10.6 Å². The van der Waals surface area contributed by atoms with Crippen molar-refractivity contribution in [2.75, 3.05) is 11.9 Å². The molecule has 0 spiro atoms. The second-order valence-electron chi connectivity index (χ2n) is 5.89. The second-order valence-corrected chi connectivity index (χ2v) is 5.89. The summed E-state index contributed by atoms with van der Waals surface area (Å²) in [4.78, 5) is 16.6. The summed E-state index contributed by atoms with van der Waals surface area (Å²) in [5.41, 5.74) is 2.65. The highest BCUT2D eigenvalue weighted by Gasteiger charge is 2.04. The second kappa shape index (κ2) is 6.65. The molecule has 0 bridgehead atoms. The fourth-order valence-corrected chi connectivity index (χ4v) is 2.85. The van der Waals surface area contributed by atoms with Crippen molar-refractivity contribution in [2.24, 2.45) is 0 Å². The highest BCUT2D eigenvalue weighted by molar-refractivity contribution is 5.93. The fourth-order valence-electron chi connectivity index (χ4n) is 2.85. The Morgan fingerprint density at radius 3 is 2.72 bits per heavy atom. The average molecular weight is 330 g/mol. The van der Waals surface area contributed by atoms with Crippen LogP contribution in [-0.4, -0.2) is 22.0 Å². The lowest BCUT2D eigenvalue weighted by molar-refractivity contribution is 0.252. The van der Waals surface area contributed by atoms with Gasteiger partial charge in [0.05, 0.1) is 5.69 Å². The summed E-state index contributed by atoms with van der Waals surface area (Å²) in [6.07, 6.45) is 4.64. The van der Waals surface area contributed by atoms with E-state index in [1.807, 2.05) is 77.5 Å². The molecule has 2 aromatic heterocycles. The van der Waals surface area contributed by atoms with Crippen LogP contribution in [0.25, 0.3) is 16.4 Å². The molecule has 0 radical (unpaired) electrons. The molecule has 5 nitrogen and oxygen atoms in total.